The monoisotopic (exact) mass is 311 g/mol. The lowest BCUT2D eigenvalue weighted by atomic mass is 10.1. The lowest BCUT2D eigenvalue weighted by Crippen LogP contribution is -2.42. The second-order valence-electron chi connectivity index (χ2n) is 5.92. The van der Waals surface area contributed by atoms with E-state index in [0.717, 1.165) is 30.5 Å². The molecule has 1 aromatic rings. The first kappa shape index (κ1) is 15.4. The summed E-state index contributed by atoms with van der Waals surface area (Å²) in [6.45, 7) is 2.42. The number of aromatic nitrogens is 2. The fourth-order valence-electron chi connectivity index (χ4n) is 3.13. The number of aromatic amines is 1. The third-order valence-electron chi connectivity index (χ3n) is 4.35. The van der Waals surface area contributed by atoms with Crippen molar-refractivity contribution in [1.29, 1.82) is 0 Å². The molecule has 122 valence electrons. The Balaban J connectivity index is 1.74. The van der Waals surface area contributed by atoms with Gasteiger partial charge >= 0.3 is 5.69 Å². The Labute approximate surface area is 127 Å². The van der Waals surface area contributed by atoms with Crippen molar-refractivity contribution in [3.63, 3.8) is 0 Å². The molecule has 0 aromatic carbocycles. The number of piperidine rings is 1. The zero-order valence-electron chi connectivity index (χ0n) is 12.2. The fourth-order valence-corrected chi connectivity index (χ4v) is 3.13. The highest BCUT2D eigenvalue weighted by Gasteiger charge is 2.44. The molecule has 3 N–H and O–H groups in total. The van der Waals surface area contributed by atoms with Crippen LogP contribution in [0, 0.1) is 0 Å². The summed E-state index contributed by atoms with van der Waals surface area (Å²) in [5, 5.41) is 20.3. The first-order chi connectivity index (χ1) is 10.6. The van der Waals surface area contributed by atoms with Crippen LogP contribution in [0.2, 0.25) is 0 Å². The number of rotatable bonds is 3. The second kappa shape index (κ2) is 6.33. The Hall–Kier alpha value is -1.48. The highest BCUT2D eigenvalue weighted by atomic mass is 16.6. The molecule has 2 aliphatic heterocycles. The summed E-state index contributed by atoms with van der Waals surface area (Å²) >= 11 is 0. The van der Waals surface area contributed by atoms with Crippen molar-refractivity contribution in [1.82, 2.24) is 14.5 Å². The van der Waals surface area contributed by atoms with Crippen molar-refractivity contribution in [3.05, 3.63) is 33.1 Å². The van der Waals surface area contributed by atoms with Gasteiger partial charge in [-0.2, -0.15) is 0 Å². The maximum atomic E-state index is 11.8. The van der Waals surface area contributed by atoms with Crippen LogP contribution in [0.15, 0.2) is 21.9 Å². The number of nitrogens with one attached hydrogen (secondary N) is 1. The molecule has 0 aliphatic carbocycles. The first-order valence-electron chi connectivity index (χ1n) is 7.61. The van der Waals surface area contributed by atoms with E-state index >= 15 is 0 Å². The SMILES string of the molecule is O=c1ccn([C@@H]2O[C@@H](CN3CCCCC3)[C@H](O)[C@H]2O)c(=O)[nH]1. The van der Waals surface area contributed by atoms with Crippen molar-refractivity contribution in [3.8, 4) is 0 Å². The smallest absolute Gasteiger partial charge is 0.330 e. The van der Waals surface area contributed by atoms with Gasteiger partial charge in [-0.3, -0.25) is 14.3 Å². The largest absolute Gasteiger partial charge is 0.387 e. The average Bonchev–Trinajstić information content (AvgIpc) is 2.77. The lowest BCUT2D eigenvalue weighted by Gasteiger charge is -2.29. The molecule has 1 aromatic heterocycles. The summed E-state index contributed by atoms with van der Waals surface area (Å²) in [6.07, 6.45) is 0.894. The number of nitrogens with zero attached hydrogens (tertiary/aromatic N) is 2. The molecule has 3 heterocycles. The molecule has 2 saturated heterocycles. The van der Waals surface area contributed by atoms with Gasteiger partial charge in [0.2, 0.25) is 0 Å². The molecular weight excluding hydrogens is 290 g/mol. The summed E-state index contributed by atoms with van der Waals surface area (Å²) in [6, 6.07) is 1.18. The van der Waals surface area contributed by atoms with Gasteiger partial charge in [-0.05, 0) is 25.9 Å². The topological polar surface area (TPSA) is 108 Å². The van der Waals surface area contributed by atoms with Crippen molar-refractivity contribution in [2.75, 3.05) is 19.6 Å². The summed E-state index contributed by atoms with van der Waals surface area (Å²) in [5.41, 5.74) is -1.18. The zero-order valence-corrected chi connectivity index (χ0v) is 12.2. The molecule has 8 nitrogen and oxygen atoms in total. The zero-order chi connectivity index (χ0) is 15.7. The Morgan fingerprint density at radius 1 is 1.18 bits per heavy atom. The van der Waals surface area contributed by atoms with Crippen molar-refractivity contribution < 1.29 is 14.9 Å². The molecule has 0 radical (unpaired) electrons. The third kappa shape index (κ3) is 3.00. The van der Waals surface area contributed by atoms with Crippen LogP contribution in [-0.4, -0.2) is 62.6 Å². The van der Waals surface area contributed by atoms with E-state index in [1.807, 2.05) is 0 Å². The number of H-pyrrole nitrogens is 1. The number of hydrogen-bond acceptors (Lipinski definition) is 6. The van der Waals surface area contributed by atoms with E-state index in [9.17, 15) is 19.8 Å². The first-order valence-corrected chi connectivity index (χ1v) is 7.61. The van der Waals surface area contributed by atoms with E-state index in [0.29, 0.717) is 6.54 Å². The van der Waals surface area contributed by atoms with E-state index in [4.69, 9.17) is 4.74 Å². The Bertz CT molecular complexity index is 621. The van der Waals surface area contributed by atoms with Crippen LogP contribution in [0.3, 0.4) is 0 Å². The van der Waals surface area contributed by atoms with Crippen LogP contribution < -0.4 is 11.2 Å². The van der Waals surface area contributed by atoms with E-state index in [1.165, 1.54) is 18.7 Å². The summed E-state index contributed by atoms with van der Waals surface area (Å²) in [5.74, 6) is 0. The average molecular weight is 311 g/mol. The van der Waals surface area contributed by atoms with Gasteiger partial charge < -0.3 is 19.8 Å². The predicted octanol–water partition coefficient (Wildman–Crippen LogP) is -1.36. The van der Waals surface area contributed by atoms with E-state index in [2.05, 4.69) is 9.88 Å². The van der Waals surface area contributed by atoms with E-state index in [1.54, 1.807) is 0 Å². The van der Waals surface area contributed by atoms with Gasteiger partial charge in [0.25, 0.3) is 5.56 Å². The highest BCUT2D eigenvalue weighted by molar-refractivity contribution is 4.94. The summed E-state index contributed by atoms with van der Waals surface area (Å²) in [7, 11) is 0. The number of likely N-dealkylation sites (tertiary alicyclic amines) is 1. The Morgan fingerprint density at radius 3 is 2.59 bits per heavy atom. The van der Waals surface area contributed by atoms with Crippen LogP contribution in [0.25, 0.3) is 0 Å². The third-order valence-corrected chi connectivity index (χ3v) is 4.35. The molecule has 0 spiro atoms. The van der Waals surface area contributed by atoms with Crippen LogP contribution in [0.4, 0.5) is 0 Å². The van der Waals surface area contributed by atoms with Gasteiger partial charge in [0.1, 0.15) is 18.3 Å². The van der Waals surface area contributed by atoms with Gasteiger partial charge in [0.05, 0.1) is 0 Å². The fraction of sp³-hybridized carbons (Fsp3) is 0.714. The summed E-state index contributed by atoms with van der Waals surface area (Å²) in [4.78, 5) is 27.2. The van der Waals surface area contributed by atoms with Crippen LogP contribution in [0.5, 0.6) is 0 Å². The van der Waals surface area contributed by atoms with E-state index < -0.39 is 35.8 Å². The molecule has 8 heteroatoms. The maximum Gasteiger partial charge on any atom is 0.330 e. The molecule has 2 fully saturated rings. The van der Waals surface area contributed by atoms with Gasteiger partial charge in [-0.15, -0.1) is 0 Å². The van der Waals surface area contributed by atoms with Gasteiger partial charge in [-0.1, -0.05) is 6.42 Å². The van der Waals surface area contributed by atoms with Crippen LogP contribution in [-0.2, 0) is 4.74 Å². The molecule has 0 unspecified atom stereocenters. The number of aliphatic hydroxyl groups is 2. The molecule has 0 saturated carbocycles. The molecule has 0 bridgehead atoms. The summed E-state index contributed by atoms with van der Waals surface area (Å²) < 4.78 is 6.80. The lowest BCUT2D eigenvalue weighted by molar-refractivity contribution is -0.0496. The Morgan fingerprint density at radius 2 is 1.91 bits per heavy atom. The molecule has 3 rings (SSSR count). The second-order valence-corrected chi connectivity index (χ2v) is 5.92. The molecule has 22 heavy (non-hydrogen) atoms. The van der Waals surface area contributed by atoms with E-state index in [-0.39, 0.29) is 0 Å². The predicted molar refractivity (Wildman–Crippen MR) is 77.5 cm³/mol. The number of aliphatic hydroxyl groups excluding tert-OH is 2. The van der Waals surface area contributed by atoms with Gasteiger partial charge in [-0.25, -0.2) is 4.79 Å². The van der Waals surface area contributed by atoms with Crippen molar-refractivity contribution >= 4 is 0 Å². The number of hydrogen-bond donors (Lipinski definition) is 3. The van der Waals surface area contributed by atoms with Gasteiger partial charge in [0, 0.05) is 18.8 Å². The standard InChI is InChI=1S/C14H21N3O5/c18-10-4-7-17(14(21)15-10)13-12(20)11(19)9(22-13)8-16-5-2-1-3-6-16/h4,7,9,11-13,19-20H,1-3,5-6,8H2,(H,15,18,21)/t9-,11-,12+,13+/m0/s1. The Kier molecular flexibility index (Phi) is 4.44. The minimum Gasteiger partial charge on any atom is -0.387 e. The minimum absolute atomic E-state index is 0.515. The quantitative estimate of drug-likeness (QED) is 0.636. The molecule has 4 atom stereocenters. The van der Waals surface area contributed by atoms with Crippen molar-refractivity contribution in [2.24, 2.45) is 0 Å². The molecule has 0 amide bonds. The van der Waals surface area contributed by atoms with Crippen LogP contribution >= 0.6 is 0 Å². The minimum atomic E-state index is -1.21. The van der Waals surface area contributed by atoms with Crippen molar-refractivity contribution in [2.45, 2.75) is 43.8 Å². The molecular formula is C14H21N3O5. The van der Waals surface area contributed by atoms with Gasteiger partial charge in [0.15, 0.2) is 6.23 Å². The highest BCUT2D eigenvalue weighted by Crippen LogP contribution is 2.29. The molecule has 2 aliphatic rings. The van der Waals surface area contributed by atoms with Crippen LogP contribution in [0.1, 0.15) is 25.5 Å². The number of ether oxygens (including phenoxy) is 1. The maximum absolute atomic E-state index is 11.8. The normalized spacial score (nSPS) is 33.2.